The number of nitrogens with one attached hydrogen (secondary N) is 1. The highest BCUT2D eigenvalue weighted by Crippen LogP contribution is 2.28. The number of benzene rings is 1. The van der Waals surface area contributed by atoms with Gasteiger partial charge in [-0.15, -0.1) is 0 Å². The molecule has 1 aromatic carbocycles. The minimum Gasteiger partial charge on any atom is -0.338 e. The maximum Gasteiger partial charge on any atom is 0.148 e. The number of hydrogen-bond acceptors (Lipinski definition) is 3. The van der Waals surface area contributed by atoms with Gasteiger partial charge in [-0.2, -0.15) is 5.26 Å². The third-order valence-corrected chi connectivity index (χ3v) is 3.16. The van der Waals surface area contributed by atoms with Crippen LogP contribution in [0, 0.1) is 32.1 Å². The molecular formula is C15H14ClN3. The molecule has 0 spiro atoms. The topological polar surface area (TPSA) is 48.7 Å². The highest BCUT2D eigenvalue weighted by atomic mass is 35.5. The minimum absolute atomic E-state index is 0.545. The summed E-state index contributed by atoms with van der Waals surface area (Å²) < 4.78 is 0. The smallest absolute Gasteiger partial charge is 0.148 e. The maximum atomic E-state index is 9.23. The molecule has 0 radical (unpaired) electrons. The van der Waals surface area contributed by atoms with E-state index in [1.54, 1.807) is 0 Å². The SMILES string of the molecule is Cc1ccc(Cl)c(Nc2nc(C)cc(C)c2C#N)c1. The normalized spacial score (nSPS) is 10.1. The lowest BCUT2D eigenvalue weighted by Gasteiger charge is -2.12. The monoisotopic (exact) mass is 271 g/mol. The molecule has 1 heterocycles. The number of aryl methyl sites for hydroxylation is 3. The van der Waals surface area contributed by atoms with Gasteiger partial charge in [-0.25, -0.2) is 4.98 Å². The third-order valence-electron chi connectivity index (χ3n) is 2.83. The number of pyridine rings is 1. The van der Waals surface area contributed by atoms with Crippen LogP contribution in [0.15, 0.2) is 24.3 Å². The summed E-state index contributed by atoms with van der Waals surface area (Å²) in [4.78, 5) is 4.38. The van der Waals surface area contributed by atoms with Gasteiger partial charge in [0.05, 0.1) is 16.3 Å². The first-order valence-electron chi connectivity index (χ1n) is 5.93. The zero-order chi connectivity index (χ0) is 14.0. The van der Waals surface area contributed by atoms with Crippen molar-refractivity contribution in [2.75, 3.05) is 5.32 Å². The predicted octanol–water partition coefficient (Wildman–Crippen LogP) is 4.28. The number of anilines is 2. The van der Waals surface area contributed by atoms with Gasteiger partial charge >= 0.3 is 0 Å². The van der Waals surface area contributed by atoms with Crippen LogP contribution >= 0.6 is 11.6 Å². The molecule has 0 aliphatic heterocycles. The quantitative estimate of drug-likeness (QED) is 0.887. The van der Waals surface area contributed by atoms with Gasteiger partial charge in [0, 0.05) is 5.69 Å². The second-order valence-electron chi connectivity index (χ2n) is 4.52. The Bertz CT molecular complexity index is 672. The predicted molar refractivity (Wildman–Crippen MR) is 77.9 cm³/mol. The largest absolute Gasteiger partial charge is 0.338 e. The van der Waals surface area contributed by atoms with Crippen LogP contribution in [0.4, 0.5) is 11.5 Å². The molecule has 0 saturated carbocycles. The highest BCUT2D eigenvalue weighted by Gasteiger charge is 2.10. The van der Waals surface area contributed by atoms with Crippen molar-refractivity contribution in [2.24, 2.45) is 0 Å². The lowest BCUT2D eigenvalue weighted by Crippen LogP contribution is -2.01. The molecule has 0 aliphatic rings. The van der Waals surface area contributed by atoms with E-state index in [-0.39, 0.29) is 0 Å². The van der Waals surface area contributed by atoms with Crippen molar-refractivity contribution in [3.8, 4) is 6.07 Å². The van der Waals surface area contributed by atoms with Gasteiger partial charge in [0.2, 0.25) is 0 Å². The van der Waals surface area contributed by atoms with Gasteiger partial charge in [-0.05, 0) is 50.1 Å². The third kappa shape index (κ3) is 2.86. The molecule has 3 nitrogen and oxygen atoms in total. The summed E-state index contributed by atoms with van der Waals surface area (Å²) in [5.74, 6) is 0.549. The second-order valence-corrected chi connectivity index (χ2v) is 4.93. The zero-order valence-electron chi connectivity index (χ0n) is 11.1. The van der Waals surface area contributed by atoms with Crippen molar-refractivity contribution >= 4 is 23.1 Å². The molecule has 19 heavy (non-hydrogen) atoms. The molecule has 0 unspecified atom stereocenters. The summed E-state index contributed by atoms with van der Waals surface area (Å²) in [6, 6.07) is 9.77. The van der Waals surface area contributed by atoms with Gasteiger partial charge in [0.15, 0.2) is 0 Å². The number of hydrogen-bond donors (Lipinski definition) is 1. The number of halogens is 1. The lowest BCUT2D eigenvalue weighted by molar-refractivity contribution is 1.16. The van der Waals surface area contributed by atoms with E-state index >= 15 is 0 Å². The Kier molecular flexibility index (Phi) is 3.73. The molecule has 1 aromatic heterocycles. The van der Waals surface area contributed by atoms with Gasteiger partial charge in [-0.3, -0.25) is 0 Å². The summed E-state index contributed by atoms with van der Waals surface area (Å²) in [5, 5.41) is 13.0. The van der Waals surface area contributed by atoms with E-state index in [1.807, 2.05) is 45.0 Å². The molecule has 2 rings (SSSR count). The van der Waals surface area contributed by atoms with Crippen molar-refractivity contribution in [2.45, 2.75) is 20.8 Å². The number of nitrogens with zero attached hydrogens (tertiary/aromatic N) is 2. The molecule has 0 amide bonds. The van der Waals surface area contributed by atoms with E-state index in [2.05, 4.69) is 16.4 Å². The Morgan fingerprint density at radius 3 is 2.63 bits per heavy atom. The first kappa shape index (κ1) is 13.4. The van der Waals surface area contributed by atoms with Crippen molar-refractivity contribution in [1.82, 2.24) is 4.98 Å². The highest BCUT2D eigenvalue weighted by molar-refractivity contribution is 6.33. The minimum atomic E-state index is 0.545. The van der Waals surface area contributed by atoms with Crippen LogP contribution in [0.3, 0.4) is 0 Å². The van der Waals surface area contributed by atoms with Gasteiger partial charge < -0.3 is 5.32 Å². The van der Waals surface area contributed by atoms with Gasteiger partial charge in [0.25, 0.3) is 0 Å². The lowest BCUT2D eigenvalue weighted by atomic mass is 10.1. The van der Waals surface area contributed by atoms with E-state index in [4.69, 9.17) is 11.6 Å². The molecule has 0 aliphatic carbocycles. The Morgan fingerprint density at radius 2 is 1.95 bits per heavy atom. The first-order chi connectivity index (χ1) is 9.01. The summed E-state index contributed by atoms with van der Waals surface area (Å²) >= 11 is 6.15. The summed E-state index contributed by atoms with van der Waals surface area (Å²) in [7, 11) is 0. The molecule has 0 saturated heterocycles. The second kappa shape index (κ2) is 5.29. The van der Waals surface area contributed by atoms with E-state index in [9.17, 15) is 5.26 Å². The van der Waals surface area contributed by atoms with E-state index in [1.165, 1.54) is 0 Å². The Labute approximate surface area is 117 Å². The van der Waals surface area contributed by atoms with E-state index in [0.717, 1.165) is 22.5 Å². The molecule has 2 aromatic rings. The average Bonchev–Trinajstić information content (AvgIpc) is 2.33. The average molecular weight is 272 g/mol. The van der Waals surface area contributed by atoms with Crippen LogP contribution in [0.1, 0.15) is 22.4 Å². The molecular weight excluding hydrogens is 258 g/mol. The van der Waals surface area contributed by atoms with Crippen LogP contribution in [0.5, 0.6) is 0 Å². The summed E-state index contributed by atoms with van der Waals surface area (Å²) in [6.07, 6.45) is 0. The van der Waals surface area contributed by atoms with Crippen molar-refractivity contribution in [3.63, 3.8) is 0 Å². The van der Waals surface area contributed by atoms with Crippen molar-refractivity contribution in [1.29, 1.82) is 5.26 Å². The standard InChI is InChI=1S/C15H14ClN3/c1-9-4-5-13(16)14(6-9)19-15-12(8-17)10(2)7-11(3)18-15/h4-7H,1-3H3,(H,18,19). The molecule has 96 valence electrons. The molecule has 1 N–H and O–H groups in total. The number of nitriles is 1. The van der Waals surface area contributed by atoms with Crippen molar-refractivity contribution in [3.05, 3.63) is 51.7 Å². The van der Waals surface area contributed by atoms with Crippen LogP contribution < -0.4 is 5.32 Å². The van der Waals surface area contributed by atoms with Crippen LogP contribution in [0.25, 0.3) is 0 Å². The summed E-state index contributed by atoms with van der Waals surface area (Å²) in [5.41, 5.74) is 4.16. The first-order valence-corrected chi connectivity index (χ1v) is 6.30. The molecule has 0 fully saturated rings. The number of rotatable bonds is 2. The van der Waals surface area contributed by atoms with Gasteiger partial charge in [0.1, 0.15) is 11.9 Å². The Morgan fingerprint density at radius 1 is 1.21 bits per heavy atom. The Balaban J connectivity index is 2.49. The van der Waals surface area contributed by atoms with Crippen molar-refractivity contribution < 1.29 is 0 Å². The van der Waals surface area contributed by atoms with Crippen LogP contribution in [-0.2, 0) is 0 Å². The fraction of sp³-hybridized carbons (Fsp3) is 0.200. The maximum absolute atomic E-state index is 9.23. The Hall–Kier alpha value is -2.05. The van der Waals surface area contributed by atoms with Crippen LogP contribution in [-0.4, -0.2) is 4.98 Å². The zero-order valence-corrected chi connectivity index (χ0v) is 11.8. The molecule has 0 atom stereocenters. The molecule has 0 bridgehead atoms. The molecule has 4 heteroatoms. The number of aromatic nitrogens is 1. The fourth-order valence-corrected chi connectivity index (χ4v) is 2.10. The van der Waals surface area contributed by atoms with E-state index < -0.39 is 0 Å². The van der Waals surface area contributed by atoms with Crippen LogP contribution in [0.2, 0.25) is 5.02 Å². The summed E-state index contributed by atoms with van der Waals surface area (Å²) in [6.45, 7) is 5.79. The fourth-order valence-electron chi connectivity index (χ4n) is 1.93. The van der Waals surface area contributed by atoms with E-state index in [0.29, 0.717) is 16.4 Å². The van der Waals surface area contributed by atoms with Gasteiger partial charge in [-0.1, -0.05) is 17.7 Å².